The second-order valence-electron chi connectivity index (χ2n) is 16.9. The monoisotopic (exact) mass is 997 g/mol. The van der Waals surface area contributed by atoms with Crippen molar-refractivity contribution >= 4 is 25.7 Å². The highest BCUT2D eigenvalue weighted by molar-refractivity contribution is 7.47. The van der Waals surface area contributed by atoms with Crippen LogP contribution in [0.1, 0.15) is 188 Å². The van der Waals surface area contributed by atoms with Gasteiger partial charge in [-0.2, -0.15) is 0 Å². The number of aliphatic hydroxyl groups is 1. The molecule has 0 saturated heterocycles. The molecule has 0 aromatic heterocycles. The molecule has 0 saturated carbocycles. The average Bonchev–Trinajstić information content (AvgIpc) is 3.35. The SMILES string of the molecule is CC/C=C\C/C=C\C/C=C\C/C=C\C/C=C\CC(=O)OC(COC(=O)CCCC/C=C\C/C=C\C/C=C\C/C=C\CC)COP(=O)(O)OCC(CO)OC(=O)CCCCCCC/C=C\CCCCCC. The van der Waals surface area contributed by atoms with E-state index in [1.807, 2.05) is 18.2 Å². The Morgan fingerprint density at radius 1 is 0.429 bits per heavy atom. The maximum atomic E-state index is 12.8. The summed E-state index contributed by atoms with van der Waals surface area (Å²) in [5.74, 6) is -1.69. The van der Waals surface area contributed by atoms with Crippen molar-refractivity contribution in [2.45, 2.75) is 200 Å². The fraction of sp³-hybridized carbons (Fsp3) is 0.603. The first-order chi connectivity index (χ1) is 34.2. The van der Waals surface area contributed by atoms with Gasteiger partial charge in [0.05, 0.1) is 26.2 Å². The number of carbonyl (C=O) groups excluding carboxylic acids is 3. The van der Waals surface area contributed by atoms with Crippen LogP contribution in [0.4, 0.5) is 0 Å². The van der Waals surface area contributed by atoms with Crippen molar-refractivity contribution < 1.29 is 52.2 Å². The van der Waals surface area contributed by atoms with E-state index in [9.17, 15) is 28.9 Å². The molecule has 12 heteroatoms. The molecule has 3 unspecified atom stereocenters. The number of unbranched alkanes of at least 4 members (excludes halogenated alkanes) is 11. The molecular weight excluding hydrogens is 904 g/mol. The largest absolute Gasteiger partial charge is 0.472 e. The van der Waals surface area contributed by atoms with Crippen molar-refractivity contribution in [2.24, 2.45) is 0 Å². The highest BCUT2D eigenvalue weighted by Gasteiger charge is 2.28. The van der Waals surface area contributed by atoms with Gasteiger partial charge in [-0.25, -0.2) is 4.57 Å². The van der Waals surface area contributed by atoms with Gasteiger partial charge in [-0.05, 0) is 109 Å². The molecule has 0 rings (SSSR count). The van der Waals surface area contributed by atoms with Crippen molar-refractivity contribution in [1.29, 1.82) is 0 Å². The van der Waals surface area contributed by atoms with Gasteiger partial charge >= 0.3 is 25.7 Å². The summed E-state index contributed by atoms with van der Waals surface area (Å²) in [5.41, 5.74) is 0. The molecule has 0 bridgehead atoms. The Balaban J connectivity index is 4.94. The van der Waals surface area contributed by atoms with E-state index < -0.39 is 64.4 Å². The maximum absolute atomic E-state index is 12.8. The van der Waals surface area contributed by atoms with Crippen LogP contribution in [0, 0.1) is 0 Å². The zero-order valence-electron chi connectivity index (χ0n) is 43.4. The molecular formula is C58H93O11P. The lowest BCUT2D eigenvalue weighted by atomic mass is 10.1. The predicted molar refractivity (Wildman–Crippen MR) is 288 cm³/mol. The minimum absolute atomic E-state index is 0.0804. The van der Waals surface area contributed by atoms with Crippen molar-refractivity contribution in [1.82, 2.24) is 0 Å². The van der Waals surface area contributed by atoms with E-state index in [0.717, 1.165) is 103 Å². The van der Waals surface area contributed by atoms with E-state index in [0.29, 0.717) is 19.3 Å². The number of phosphoric acid groups is 1. The predicted octanol–water partition coefficient (Wildman–Crippen LogP) is 15.2. The van der Waals surface area contributed by atoms with Gasteiger partial charge in [0, 0.05) is 12.8 Å². The second kappa shape index (κ2) is 51.2. The van der Waals surface area contributed by atoms with Crippen molar-refractivity contribution in [3.63, 3.8) is 0 Å². The number of phosphoric ester groups is 1. The van der Waals surface area contributed by atoms with E-state index in [1.54, 1.807) is 6.08 Å². The zero-order chi connectivity index (χ0) is 51.3. The Hall–Kier alpha value is -4.12. The van der Waals surface area contributed by atoms with Crippen molar-refractivity contribution in [3.8, 4) is 0 Å². The fourth-order valence-corrected chi connectivity index (χ4v) is 7.20. The molecule has 0 aliphatic heterocycles. The number of allylic oxidation sites excluding steroid dienone is 19. The molecule has 0 amide bonds. The first kappa shape index (κ1) is 65.9. The van der Waals surface area contributed by atoms with Crippen LogP contribution in [-0.4, -0.2) is 66.5 Å². The lowest BCUT2D eigenvalue weighted by Gasteiger charge is -2.21. The topological polar surface area (TPSA) is 155 Å². The molecule has 0 fully saturated rings. The summed E-state index contributed by atoms with van der Waals surface area (Å²) >= 11 is 0. The molecule has 2 N–H and O–H groups in total. The normalized spacial score (nSPS) is 14.4. The number of ether oxygens (including phenoxy) is 3. The molecule has 0 spiro atoms. The van der Waals surface area contributed by atoms with Crippen molar-refractivity contribution in [3.05, 3.63) is 122 Å². The minimum atomic E-state index is -4.79. The first-order valence-electron chi connectivity index (χ1n) is 26.4. The Labute approximate surface area is 424 Å². The van der Waals surface area contributed by atoms with Gasteiger partial charge < -0.3 is 24.2 Å². The minimum Gasteiger partial charge on any atom is -0.462 e. The maximum Gasteiger partial charge on any atom is 0.472 e. The first-order valence-corrected chi connectivity index (χ1v) is 27.9. The third kappa shape index (κ3) is 48.9. The summed E-state index contributed by atoms with van der Waals surface area (Å²) in [6.45, 7) is 4.19. The van der Waals surface area contributed by atoms with Crippen LogP contribution >= 0.6 is 7.82 Å². The molecule has 0 aliphatic rings. The van der Waals surface area contributed by atoms with Crippen LogP contribution < -0.4 is 0 Å². The highest BCUT2D eigenvalue weighted by atomic mass is 31.2. The zero-order valence-corrected chi connectivity index (χ0v) is 44.3. The third-order valence-corrected chi connectivity index (χ3v) is 11.3. The molecule has 0 radical (unpaired) electrons. The van der Waals surface area contributed by atoms with Gasteiger partial charge in [-0.1, -0.05) is 181 Å². The quantitative estimate of drug-likeness (QED) is 0.0197. The molecule has 3 atom stereocenters. The van der Waals surface area contributed by atoms with E-state index in [2.05, 4.69) is 118 Å². The van der Waals surface area contributed by atoms with Crippen LogP contribution in [0.25, 0.3) is 0 Å². The number of hydrogen-bond acceptors (Lipinski definition) is 10. The van der Waals surface area contributed by atoms with Crippen LogP contribution in [0.15, 0.2) is 122 Å². The number of hydrogen-bond donors (Lipinski definition) is 2. The molecule has 11 nitrogen and oxygen atoms in total. The summed E-state index contributed by atoms with van der Waals surface area (Å²) in [4.78, 5) is 48.3. The summed E-state index contributed by atoms with van der Waals surface area (Å²) in [5, 5.41) is 9.78. The smallest absolute Gasteiger partial charge is 0.462 e. The van der Waals surface area contributed by atoms with Crippen LogP contribution in [0.5, 0.6) is 0 Å². The van der Waals surface area contributed by atoms with E-state index in [-0.39, 0.29) is 19.3 Å². The van der Waals surface area contributed by atoms with Gasteiger partial charge in [-0.15, -0.1) is 0 Å². The lowest BCUT2D eigenvalue weighted by Crippen LogP contribution is -2.30. The van der Waals surface area contributed by atoms with E-state index in [4.69, 9.17) is 23.3 Å². The molecule has 70 heavy (non-hydrogen) atoms. The van der Waals surface area contributed by atoms with Gasteiger partial charge in [0.2, 0.25) is 0 Å². The third-order valence-electron chi connectivity index (χ3n) is 10.4. The van der Waals surface area contributed by atoms with E-state index >= 15 is 0 Å². The molecule has 0 heterocycles. The van der Waals surface area contributed by atoms with Crippen molar-refractivity contribution in [2.75, 3.05) is 26.4 Å². The number of aliphatic hydroxyl groups excluding tert-OH is 1. The van der Waals surface area contributed by atoms with Gasteiger partial charge in [0.1, 0.15) is 12.7 Å². The van der Waals surface area contributed by atoms with Gasteiger partial charge in [0.15, 0.2) is 6.10 Å². The van der Waals surface area contributed by atoms with Gasteiger partial charge in [0.25, 0.3) is 0 Å². The molecule has 0 aromatic carbocycles. The lowest BCUT2D eigenvalue weighted by molar-refractivity contribution is -0.160. The summed E-state index contributed by atoms with van der Waals surface area (Å²) in [6.07, 6.45) is 62.0. The van der Waals surface area contributed by atoms with Crippen LogP contribution in [0.2, 0.25) is 0 Å². The number of carbonyl (C=O) groups is 3. The number of rotatable bonds is 47. The highest BCUT2D eigenvalue weighted by Crippen LogP contribution is 2.43. The summed E-state index contributed by atoms with van der Waals surface area (Å²) < 4.78 is 39.2. The average molecular weight is 997 g/mol. The molecule has 0 aliphatic carbocycles. The van der Waals surface area contributed by atoms with Crippen LogP contribution in [0.3, 0.4) is 0 Å². The Morgan fingerprint density at radius 2 is 0.800 bits per heavy atom. The molecule has 0 aromatic rings. The fourth-order valence-electron chi connectivity index (χ4n) is 6.41. The van der Waals surface area contributed by atoms with Gasteiger partial charge in [-0.3, -0.25) is 23.4 Å². The standard InChI is InChI=1S/C58H93O11P/c1-4-7-10-13-16-19-22-25-27-30-32-35-38-41-44-47-56(60)65-51-55(69-58(62)49-46-43-40-37-34-31-28-26-23-20-17-14-11-8-5-2)53-67-70(63,64)66-52-54(50-59)68-57(61)48-45-42-39-36-33-29-24-21-18-15-12-9-6-3/h7-8,10-11,16-17,19-21,24-28,32,34-35,37,43,46,54-55,59H,4-6,9,12-15,18,22-23,29-31,33,36,38-42,44-45,47-53H2,1-3H3,(H,63,64)/b10-7-,11-8-,19-16-,20-17-,24-21-,27-25-,28-26-,35-32-,37-34-,46-43-. The van der Waals surface area contributed by atoms with E-state index in [1.165, 1.54) is 25.7 Å². The Bertz CT molecular complexity index is 1630. The second-order valence-corrected chi connectivity index (χ2v) is 18.4. The number of esters is 3. The summed E-state index contributed by atoms with van der Waals surface area (Å²) in [6, 6.07) is 0. The Morgan fingerprint density at radius 3 is 1.30 bits per heavy atom. The summed E-state index contributed by atoms with van der Waals surface area (Å²) in [7, 11) is -4.79. The molecule has 396 valence electrons. The Kier molecular flexibility index (Phi) is 48.2. The van der Waals surface area contributed by atoms with Crippen LogP contribution in [-0.2, 0) is 42.2 Å².